The van der Waals surface area contributed by atoms with E-state index in [1.165, 1.54) is 0 Å². The van der Waals surface area contributed by atoms with Gasteiger partial charge in [0.25, 0.3) is 0 Å². The zero-order valence-electron chi connectivity index (χ0n) is 9.12. The number of ether oxygens (including phenoxy) is 2. The van der Waals surface area contributed by atoms with E-state index in [0.717, 1.165) is 5.56 Å². The first-order valence-corrected chi connectivity index (χ1v) is 4.99. The fourth-order valence-electron chi connectivity index (χ4n) is 1.21. The number of nitrogens with zero attached hydrogens (tertiary/aromatic N) is 1. The summed E-state index contributed by atoms with van der Waals surface area (Å²) in [4.78, 5) is 0. The average molecular weight is 205 g/mol. The summed E-state index contributed by atoms with van der Waals surface area (Å²) in [5.41, 5.74) is 1.63. The van der Waals surface area contributed by atoms with Gasteiger partial charge < -0.3 is 9.47 Å². The molecule has 0 aliphatic heterocycles. The quantitative estimate of drug-likeness (QED) is 0.692. The second kappa shape index (κ2) is 6.05. The number of benzene rings is 1. The minimum atomic E-state index is 0.478. The zero-order chi connectivity index (χ0) is 11.1. The van der Waals surface area contributed by atoms with Crippen LogP contribution >= 0.6 is 0 Å². The summed E-state index contributed by atoms with van der Waals surface area (Å²) in [5, 5.41) is 8.88. The van der Waals surface area contributed by atoms with Gasteiger partial charge in [0.2, 0.25) is 0 Å². The highest BCUT2D eigenvalue weighted by Gasteiger charge is 2.02. The van der Waals surface area contributed by atoms with Crippen molar-refractivity contribution in [1.82, 2.24) is 0 Å². The molecule has 0 saturated carbocycles. The Morgan fingerprint density at radius 3 is 2.80 bits per heavy atom. The Hall–Kier alpha value is -1.53. The standard InChI is InChI=1S/C12H15NO2/c1-3-14-6-7-15-12-5-4-10(2)8-11(12)9-13/h4-5,8H,3,6-7H2,1-2H3. The van der Waals surface area contributed by atoms with Crippen molar-refractivity contribution in [3.63, 3.8) is 0 Å². The molecule has 0 radical (unpaired) electrons. The lowest BCUT2D eigenvalue weighted by molar-refractivity contribution is 0.110. The highest BCUT2D eigenvalue weighted by molar-refractivity contribution is 5.45. The van der Waals surface area contributed by atoms with Crippen LogP contribution in [-0.2, 0) is 4.74 Å². The summed E-state index contributed by atoms with van der Waals surface area (Å²) >= 11 is 0. The van der Waals surface area contributed by atoms with E-state index in [2.05, 4.69) is 6.07 Å². The van der Waals surface area contributed by atoms with Crippen molar-refractivity contribution in [2.24, 2.45) is 0 Å². The van der Waals surface area contributed by atoms with Crippen LogP contribution < -0.4 is 4.74 Å². The monoisotopic (exact) mass is 205 g/mol. The van der Waals surface area contributed by atoms with Gasteiger partial charge in [-0.3, -0.25) is 0 Å². The van der Waals surface area contributed by atoms with Crippen molar-refractivity contribution in [2.75, 3.05) is 19.8 Å². The van der Waals surface area contributed by atoms with Gasteiger partial charge in [0.05, 0.1) is 12.2 Å². The minimum Gasteiger partial charge on any atom is -0.490 e. The molecule has 80 valence electrons. The maximum atomic E-state index is 8.88. The van der Waals surface area contributed by atoms with Gasteiger partial charge >= 0.3 is 0 Å². The number of nitriles is 1. The second-order valence-electron chi connectivity index (χ2n) is 3.16. The van der Waals surface area contributed by atoms with Crippen LogP contribution in [0, 0.1) is 18.3 Å². The first kappa shape index (κ1) is 11.5. The van der Waals surface area contributed by atoms with Crippen molar-refractivity contribution in [3.8, 4) is 11.8 Å². The Labute approximate surface area is 90.2 Å². The predicted molar refractivity (Wildman–Crippen MR) is 57.9 cm³/mol. The molecule has 0 aliphatic rings. The number of aryl methyl sites for hydroxylation is 1. The van der Waals surface area contributed by atoms with Gasteiger partial charge in [0.1, 0.15) is 18.4 Å². The van der Waals surface area contributed by atoms with E-state index in [0.29, 0.717) is 31.1 Å². The van der Waals surface area contributed by atoms with Gasteiger partial charge in [0, 0.05) is 6.61 Å². The summed E-state index contributed by atoms with van der Waals surface area (Å²) in [6, 6.07) is 7.67. The van der Waals surface area contributed by atoms with Gasteiger partial charge in [0.15, 0.2) is 0 Å². The maximum absolute atomic E-state index is 8.88. The molecule has 0 N–H and O–H groups in total. The smallest absolute Gasteiger partial charge is 0.137 e. The lowest BCUT2D eigenvalue weighted by Crippen LogP contribution is -2.07. The highest BCUT2D eigenvalue weighted by Crippen LogP contribution is 2.18. The van der Waals surface area contributed by atoms with Gasteiger partial charge in [-0.2, -0.15) is 5.26 Å². The lowest BCUT2D eigenvalue weighted by Gasteiger charge is -2.08. The first-order chi connectivity index (χ1) is 7.27. The molecule has 1 aromatic rings. The Morgan fingerprint density at radius 2 is 2.13 bits per heavy atom. The molecule has 0 atom stereocenters. The minimum absolute atomic E-state index is 0.478. The number of hydrogen-bond donors (Lipinski definition) is 0. The third-order valence-electron chi connectivity index (χ3n) is 1.94. The van der Waals surface area contributed by atoms with Crippen LogP contribution in [0.3, 0.4) is 0 Å². The molecular weight excluding hydrogens is 190 g/mol. The second-order valence-corrected chi connectivity index (χ2v) is 3.16. The molecular formula is C12H15NO2. The zero-order valence-corrected chi connectivity index (χ0v) is 9.12. The van der Waals surface area contributed by atoms with E-state index in [-0.39, 0.29) is 0 Å². The molecule has 0 unspecified atom stereocenters. The Morgan fingerprint density at radius 1 is 1.33 bits per heavy atom. The SMILES string of the molecule is CCOCCOc1ccc(C)cc1C#N. The lowest BCUT2D eigenvalue weighted by atomic mass is 10.1. The molecule has 0 saturated heterocycles. The van der Waals surface area contributed by atoms with Gasteiger partial charge in [-0.05, 0) is 31.5 Å². The van der Waals surface area contributed by atoms with Gasteiger partial charge in [-0.15, -0.1) is 0 Å². The van der Waals surface area contributed by atoms with Crippen LogP contribution in [0.25, 0.3) is 0 Å². The fraction of sp³-hybridized carbons (Fsp3) is 0.417. The van der Waals surface area contributed by atoms with E-state index < -0.39 is 0 Å². The largest absolute Gasteiger partial charge is 0.490 e. The molecule has 3 heteroatoms. The third-order valence-corrected chi connectivity index (χ3v) is 1.94. The molecule has 15 heavy (non-hydrogen) atoms. The predicted octanol–water partition coefficient (Wildman–Crippen LogP) is 2.28. The summed E-state index contributed by atoms with van der Waals surface area (Å²) < 4.78 is 10.6. The van der Waals surface area contributed by atoms with E-state index in [1.807, 2.05) is 32.0 Å². The van der Waals surface area contributed by atoms with E-state index in [9.17, 15) is 0 Å². The summed E-state index contributed by atoms with van der Waals surface area (Å²) in [7, 11) is 0. The molecule has 0 spiro atoms. The Bertz CT molecular complexity index is 355. The van der Waals surface area contributed by atoms with Crippen molar-refractivity contribution in [3.05, 3.63) is 29.3 Å². The molecule has 0 aliphatic carbocycles. The third kappa shape index (κ3) is 3.61. The van der Waals surface area contributed by atoms with E-state index >= 15 is 0 Å². The van der Waals surface area contributed by atoms with Crippen LogP contribution in [-0.4, -0.2) is 19.8 Å². The van der Waals surface area contributed by atoms with Gasteiger partial charge in [-0.25, -0.2) is 0 Å². The highest BCUT2D eigenvalue weighted by atomic mass is 16.5. The number of hydrogen-bond acceptors (Lipinski definition) is 3. The molecule has 0 aromatic heterocycles. The molecule has 0 heterocycles. The van der Waals surface area contributed by atoms with Crippen LogP contribution in [0.5, 0.6) is 5.75 Å². The average Bonchev–Trinajstić information content (AvgIpc) is 2.26. The molecule has 0 amide bonds. The van der Waals surface area contributed by atoms with Crippen LogP contribution in [0.4, 0.5) is 0 Å². The van der Waals surface area contributed by atoms with E-state index in [1.54, 1.807) is 0 Å². The molecule has 1 aromatic carbocycles. The summed E-state index contributed by atoms with van der Waals surface area (Å²) in [5.74, 6) is 0.628. The topological polar surface area (TPSA) is 42.2 Å². The maximum Gasteiger partial charge on any atom is 0.137 e. The van der Waals surface area contributed by atoms with Crippen LogP contribution in [0.15, 0.2) is 18.2 Å². The summed E-state index contributed by atoms with van der Waals surface area (Å²) in [6.45, 7) is 5.60. The van der Waals surface area contributed by atoms with Crippen molar-refractivity contribution in [2.45, 2.75) is 13.8 Å². The fourth-order valence-corrected chi connectivity index (χ4v) is 1.21. The van der Waals surface area contributed by atoms with Crippen molar-refractivity contribution >= 4 is 0 Å². The van der Waals surface area contributed by atoms with Crippen molar-refractivity contribution < 1.29 is 9.47 Å². The van der Waals surface area contributed by atoms with E-state index in [4.69, 9.17) is 14.7 Å². The molecule has 1 rings (SSSR count). The van der Waals surface area contributed by atoms with Crippen LogP contribution in [0.1, 0.15) is 18.1 Å². The molecule has 0 fully saturated rings. The van der Waals surface area contributed by atoms with Crippen LogP contribution in [0.2, 0.25) is 0 Å². The first-order valence-electron chi connectivity index (χ1n) is 4.99. The summed E-state index contributed by atoms with van der Waals surface area (Å²) in [6.07, 6.45) is 0. The Balaban J connectivity index is 2.57. The Kier molecular flexibility index (Phi) is 4.65. The molecule has 0 bridgehead atoms. The van der Waals surface area contributed by atoms with Crippen molar-refractivity contribution in [1.29, 1.82) is 5.26 Å². The molecule has 3 nitrogen and oxygen atoms in total. The van der Waals surface area contributed by atoms with Gasteiger partial charge in [-0.1, -0.05) is 6.07 Å². The normalized spacial score (nSPS) is 9.67. The number of rotatable bonds is 5.